The summed E-state index contributed by atoms with van der Waals surface area (Å²) in [5.41, 5.74) is 0.909. The number of anilines is 1. The standard InChI is InChI=1S/C10H16N2O2S/c1-8-5-4-6-10(11-8)12-9(2)7-15(3,13)14/h4-6,9H,7H2,1-3H3,(H,11,12). The van der Waals surface area contributed by atoms with E-state index in [0.717, 1.165) is 5.69 Å². The number of sulfone groups is 1. The van der Waals surface area contributed by atoms with Crippen LogP contribution in [0.1, 0.15) is 12.6 Å². The lowest BCUT2D eigenvalue weighted by Crippen LogP contribution is -2.25. The summed E-state index contributed by atoms with van der Waals surface area (Å²) in [7, 11) is -2.94. The minimum atomic E-state index is -2.94. The van der Waals surface area contributed by atoms with Crippen LogP contribution in [0.3, 0.4) is 0 Å². The lowest BCUT2D eigenvalue weighted by Gasteiger charge is -2.13. The first-order chi connectivity index (χ1) is 6.87. The van der Waals surface area contributed by atoms with Gasteiger partial charge in [0.2, 0.25) is 0 Å². The van der Waals surface area contributed by atoms with Crippen molar-refractivity contribution < 1.29 is 8.42 Å². The maximum Gasteiger partial charge on any atom is 0.149 e. The minimum Gasteiger partial charge on any atom is -0.367 e. The molecule has 1 aromatic heterocycles. The highest BCUT2D eigenvalue weighted by Gasteiger charge is 2.10. The third-order valence-electron chi connectivity index (χ3n) is 1.84. The SMILES string of the molecule is Cc1cccc(NC(C)CS(C)(=O)=O)n1. The fraction of sp³-hybridized carbons (Fsp3) is 0.500. The Balaban J connectivity index is 2.63. The van der Waals surface area contributed by atoms with Gasteiger partial charge in [0.15, 0.2) is 0 Å². The molecule has 1 atom stereocenters. The van der Waals surface area contributed by atoms with Crippen LogP contribution < -0.4 is 5.32 Å². The molecule has 1 N–H and O–H groups in total. The molecule has 5 heteroatoms. The number of hydrogen-bond acceptors (Lipinski definition) is 4. The van der Waals surface area contributed by atoms with Gasteiger partial charge in [-0.15, -0.1) is 0 Å². The Bertz CT molecular complexity index is 429. The van der Waals surface area contributed by atoms with Crippen molar-refractivity contribution in [1.82, 2.24) is 4.98 Å². The van der Waals surface area contributed by atoms with E-state index in [1.807, 2.05) is 32.0 Å². The molecule has 1 unspecified atom stereocenters. The molecule has 0 fully saturated rings. The van der Waals surface area contributed by atoms with Crippen LogP contribution in [0.25, 0.3) is 0 Å². The molecule has 0 amide bonds. The van der Waals surface area contributed by atoms with Crippen LogP contribution in [0.2, 0.25) is 0 Å². The normalized spacial score (nSPS) is 13.5. The Hall–Kier alpha value is -1.10. The molecule has 0 spiro atoms. The van der Waals surface area contributed by atoms with Crippen LogP contribution in [0.4, 0.5) is 5.82 Å². The Kier molecular flexibility index (Phi) is 3.68. The molecule has 0 radical (unpaired) electrons. The molecule has 0 aliphatic carbocycles. The molecule has 84 valence electrons. The molecular weight excluding hydrogens is 212 g/mol. The van der Waals surface area contributed by atoms with E-state index in [4.69, 9.17) is 0 Å². The van der Waals surface area contributed by atoms with Gasteiger partial charge in [-0.2, -0.15) is 0 Å². The van der Waals surface area contributed by atoms with Crippen LogP contribution in [-0.4, -0.2) is 31.5 Å². The molecule has 1 rings (SSSR count). The van der Waals surface area contributed by atoms with E-state index in [1.54, 1.807) is 0 Å². The Morgan fingerprint density at radius 3 is 2.67 bits per heavy atom. The topological polar surface area (TPSA) is 59.1 Å². The van der Waals surface area contributed by atoms with E-state index in [0.29, 0.717) is 5.82 Å². The lowest BCUT2D eigenvalue weighted by molar-refractivity contribution is 0.598. The number of aryl methyl sites for hydroxylation is 1. The molecule has 1 heterocycles. The van der Waals surface area contributed by atoms with Gasteiger partial charge in [0.1, 0.15) is 15.7 Å². The summed E-state index contributed by atoms with van der Waals surface area (Å²) in [6, 6.07) is 5.48. The second kappa shape index (κ2) is 4.61. The van der Waals surface area contributed by atoms with E-state index in [1.165, 1.54) is 6.26 Å². The first kappa shape index (κ1) is 12.0. The van der Waals surface area contributed by atoms with Gasteiger partial charge < -0.3 is 5.32 Å². The Morgan fingerprint density at radius 2 is 2.13 bits per heavy atom. The van der Waals surface area contributed by atoms with Crippen molar-refractivity contribution in [3.8, 4) is 0 Å². The summed E-state index contributed by atoms with van der Waals surface area (Å²) < 4.78 is 22.1. The third kappa shape index (κ3) is 4.78. The van der Waals surface area contributed by atoms with E-state index < -0.39 is 9.84 Å². The fourth-order valence-corrected chi connectivity index (χ4v) is 2.36. The van der Waals surface area contributed by atoms with Crippen LogP contribution in [-0.2, 0) is 9.84 Å². The van der Waals surface area contributed by atoms with Crippen LogP contribution in [0.5, 0.6) is 0 Å². The number of aromatic nitrogens is 1. The van der Waals surface area contributed by atoms with Gasteiger partial charge in [0, 0.05) is 18.0 Å². The zero-order valence-corrected chi connectivity index (χ0v) is 10.0. The number of pyridine rings is 1. The zero-order chi connectivity index (χ0) is 11.5. The Morgan fingerprint density at radius 1 is 1.47 bits per heavy atom. The largest absolute Gasteiger partial charge is 0.367 e. The van der Waals surface area contributed by atoms with Gasteiger partial charge in [0.25, 0.3) is 0 Å². The van der Waals surface area contributed by atoms with Crippen molar-refractivity contribution in [2.45, 2.75) is 19.9 Å². The van der Waals surface area contributed by atoms with Crippen LogP contribution in [0, 0.1) is 6.92 Å². The average Bonchev–Trinajstić information content (AvgIpc) is 1.99. The second-order valence-electron chi connectivity index (χ2n) is 3.80. The summed E-state index contributed by atoms with van der Waals surface area (Å²) in [5.74, 6) is 0.828. The van der Waals surface area contributed by atoms with Gasteiger partial charge in [0.05, 0.1) is 5.75 Å². The molecule has 0 aliphatic rings. The molecule has 0 aromatic carbocycles. The van der Waals surface area contributed by atoms with Crippen molar-refractivity contribution in [1.29, 1.82) is 0 Å². The summed E-state index contributed by atoms with van der Waals surface area (Å²) in [4.78, 5) is 4.24. The Labute approximate surface area is 90.7 Å². The predicted molar refractivity (Wildman–Crippen MR) is 61.8 cm³/mol. The van der Waals surface area contributed by atoms with Crippen molar-refractivity contribution in [3.63, 3.8) is 0 Å². The van der Waals surface area contributed by atoms with E-state index in [-0.39, 0.29) is 11.8 Å². The van der Waals surface area contributed by atoms with Gasteiger partial charge in [-0.1, -0.05) is 6.07 Å². The molecule has 15 heavy (non-hydrogen) atoms. The maximum atomic E-state index is 11.0. The number of nitrogens with one attached hydrogen (secondary N) is 1. The van der Waals surface area contributed by atoms with Crippen LogP contribution in [0.15, 0.2) is 18.2 Å². The van der Waals surface area contributed by atoms with Gasteiger partial charge in [-0.3, -0.25) is 0 Å². The molecular formula is C10H16N2O2S. The summed E-state index contributed by atoms with van der Waals surface area (Å²) in [6.45, 7) is 3.72. The third-order valence-corrected chi connectivity index (χ3v) is 2.94. The average molecular weight is 228 g/mol. The fourth-order valence-electron chi connectivity index (χ4n) is 1.37. The van der Waals surface area contributed by atoms with Crippen molar-refractivity contribution in [3.05, 3.63) is 23.9 Å². The van der Waals surface area contributed by atoms with Crippen molar-refractivity contribution in [2.24, 2.45) is 0 Å². The first-order valence-electron chi connectivity index (χ1n) is 4.75. The monoisotopic (exact) mass is 228 g/mol. The van der Waals surface area contributed by atoms with Crippen molar-refractivity contribution in [2.75, 3.05) is 17.3 Å². The second-order valence-corrected chi connectivity index (χ2v) is 5.99. The maximum absolute atomic E-state index is 11.0. The van der Waals surface area contributed by atoms with Gasteiger partial charge in [-0.05, 0) is 26.0 Å². The van der Waals surface area contributed by atoms with Gasteiger partial charge in [-0.25, -0.2) is 13.4 Å². The van der Waals surface area contributed by atoms with Gasteiger partial charge >= 0.3 is 0 Å². The van der Waals surface area contributed by atoms with Crippen LogP contribution >= 0.6 is 0 Å². The highest BCUT2D eigenvalue weighted by molar-refractivity contribution is 7.90. The first-order valence-corrected chi connectivity index (χ1v) is 6.81. The highest BCUT2D eigenvalue weighted by atomic mass is 32.2. The highest BCUT2D eigenvalue weighted by Crippen LogP contribution is 2.06. The summed E-state index contributed by atoms with van der Waals surface area (Å²) in [5, 5.41) is 3.05. The number of rotatable bonds is 4. The summed E-state index contributed by atoms with van der Waals surface area (Å²) in [6.07, 6.45) is 1.23. The molecule has 0 aliphatic heterocycles. The lowest BCUT2D eigenvalue weighted by atomic mass is 10.3. The quantitative estimate of drug-likeness (QED) is 0.842. The number of nitrogens with zero attached hydrogens (tertiary/aromatic N) is 1. The minimum absolute atomic E-state index is 0.114. The van der Waals surface area contributed by atoms with E-state index in [9.17, 15) is 8.42 Å². The molecule has 1 aromatic rings. The number of hydrogen-bond donors (Lipinski definition) is 1. The molecule has 4 nitrogen and oxygen atoms in total. The van der Waals surface area contributed by atoms with Crippen molar-refractivity contribution >= 4 is 15.7 Å². The predicted octanol–water partition coefficient (Wildman–Crippen LogP) is 1.24. The molecule has 0 saturated carbocycles. The van der Waals surface area contributed by atoms with E-state index in [2.05, 4.69) is 10.3 Å². The molecule has 0 saturated heterocycles. The summed E-state index contributed by atoms with van der Waals surface area (Å²) >= 11 is 0. The zero-order valence-electron chi connectivity index (χ0n) is 9.19. The molecule has 0 bridgehead atoms. The van der Waals surface area contributed by atoms with E-state index >= 15 is 0 Å². The smallest absolute Gasteiger partial charge is 0.149 e.